The first kappa shape index (κ1) is 21.8. The number of carbonyl (C=O) groups is 3. The summed E-state index contributed by atoms with van der Waals surface area (Å²) < 4.78 is 0. The highest BCUT2D eigenvalue weighted by atomic mass is 16.5. The van der Waals surface area contributed by atoms with E-state index in [1.54, 1.807) is 10.4 Å². The second kappa shape index (κ2) is 11.4. The van der Waals surface area contributed by atoms with Gasteiger partial charge in [-0.2, -0.15) is 0 Å². The highest BCUT2D eigenvalue weighted by Gasteiger charge is 2.25. The van der Waals surface area contributed by atoms with Gasteiger partial charge in [-0.1, -0.05) is 30.3 Å². The van der Waals surface area contributed by atoms with E-state index in [4.69, 9.17) is 10.9 Å². The maximum absolute atomic E-state index is 12.4. The van der Waals surface area contributed by atoms with E-state index in [1.807, 2.05) is 30.3 Å². The summed E-state index contributed by atoms with van der Waals surface area (Å²) in [5, 5.41) is 11.3. The van der Waals surface area contributed by atoms with Crippen molar-refractivity contribution in [1.82, 2.24) is 15.7 Å². The maximum atomic E-state index is 12.4. The number of amides is 3. The summed E-state index contributed by atoms with van der Waals surface area (Å²) in [5.41, 5.74) is 8.52. The molecule has 0 aliphatic carbocycles. The van der Waals surface area contributed by atoms with Crippen LogP contribution in [0.1, 0.15) is 44.1 Å². The largest absolute Gasteiger partial charge is 0.351 e. The molecule has 28 heavy (non-hydrogen) atoms. The fraction of sp³-hybridized carbons (Fsp3) is 0.550. The molecule has 1 fully saturated rings. The molecule has 5 N–H and O–H groups in total. The Balaban J connectivity index is 1.65. The smallest absolute Gasteiger partial charge is 0.243 e. The Kier molecular flexibility index (Phi) is 8.90. The number of nitrogens with one attached hydrogen (secondary N) is 2. The SMILES string of the molecule is NC(CC(=O)N1CCC(CCCC(=O)NO)CC1)C(=O)NCc1ccccc1. The van der Waals surface area contributed by atoms with Crippen LogP contribution in [0, 0.1) is 5.92 Å². The van der Waals surface area contributed by atoms with Crippen molar-refractivity contribution in [2.45, 2.75) is 51.1 Å². The lowest BCUT2D eigenvalue weighted by atomic mass is 9.91. The van der Waals surface area contributed by atoms with Crippen LogP contribution in [0.15, 0.2) is 30.3 Å². The van der Waals surface area contributed by atoms with Crippen molar-refractivity contribution in [2.75, 3.05) is 13.1 Å². The van der Waals surface area contributed by atoms with E-state index in [9.17, 15) is 14.4 Å². The van der Waals surface area contributed by atoms with Crippen molar-refractivity contribution in [2.24, 2.45) is 11.7 Å². The first-order valence-electron chi connectivity index (χ1n) is 9.77. The van der Waals surface area contributed by atoms with Crippen molar-refractivity contribution in [3.05, 3.63) is 35.9 Å². The zero-order valence-electron chi connectivity index (χ0n) is 16.1. The van der Waals surface area contributed by atoms with Gasteiger partial charge in [-0.25, -0.2) is 5.48 Å². The zero-order chi connectivity index (χ0) is 20.4. The van der Waals surface area contributed by atoms with Crippen LogP contribution in [0.5, 0.6) is 0 Å². The summed E-state index contributed by atoms with van der Waals surface area (Å²) in [6, 6.07) is 8.68. The van der Waals surface area contributed by atoms with Gasteiger partial charge in [-0.3, -0.25) is 19.6 Å². The standard InChI is InChI=1S/C20H30N4O4/c21-17(20(27)22-14-16-5-2-1-3-6-16)13-19(26)24-11-9-15(10-12-24)7-4-8-18(25)23-28/h1-3,5-6,15,17,28H,4,7-14,21H2,(H,22,27)(H,23,25). The molecule has 1 aliphatic rings. The number of nitrogens with two attached hydrogens (primary N) is 1. The quantitative estimate of drug-likeness (QED) is 0.369. The molecule has 1 heterocycles. The number of hydroxylamine groups is 1. The van der Waals surface area contributed by atoms with Gasteiger partial charge in [0.05, 0.1) is 12.5 Å². The van der Waals surface area contributed by atoms with E-state index in [1.165, 1.54) is 0 Å². The van der Waals surface area contributed by atoms with E-state index in [0.29, 0.717) is 32.0 Å². The minimum atomic E-state index is -0.856. The number of benzene rings is 1. The van der Waals surface area contributed by atoms with Crippen molar-refractivity contribution in [3.8, 4) is 0 Å². The highest BCUT2D eigenvalue weighted by molar-refractivity contribution is 5.88. The van der Waals surface area contributed by atoms with Gasteiger partial charge >= 0.3 is 0 Å². The number of piperidine rings is 1. The van der Waals surface area contributed by atoms with E-state index in [-0.39, 0.29) is 24.1 Å². The summed E-state index contributed by atoms with van der Waals surface area (Å²) in [4.78, 5) is 37.3. The van der Waals surface area contributed by atoms with E-state index >= 15 is 0 Å². The van der Waals surface area contributed by atoms with Gasteiger partial charge < -0.3 is 16.0 Å². The Labute approximate surface area is 165 Å². The number of rotatable bonds is 9. The van der Waals surface area contributed by atoms with E-state index in [0.717, 1.165) is 31.2 Å². The normalized spacial score (nSPS) is 15.7. The molecule has 1 aromatic rings. The lowest BCUT2D eigenvalue weighted by Gasteiger charge is -2.32. The van der Waals surface area contributed by atoms with E-state index in [2.05, 4.69) is 5.32 Å². The molecule has 1 aromatic carbocycles. The van der Waals surface area contributed by atoms with Crippen LogP contribution < -0.4 is 16.5 Å². The summed E-state index contributed by atoms with van der Waals surface area (Å²) in [6.45, 7) is 1.68. The number of carbonyl (C=O) groups excluding carboxylic acids is 3. The lowest BCUT2D eigenvalue weighted by Crippen LogP contribution is -2.46. The van der Waals surface area contributed by atoms with Crippen LogP contribution in [0.4, 0.5) is 0 Å². The van der Waals surface area contributed by atoms with Crippen molar-refractivity contribution in [3.63, 3.8) is 0 Å². The Bertz CT molecular complexity index is 645. The summed E-state index contributed by atoms with van der Waals surface area (Å²) in [6.07, 6.45) is 3.68. The lowest BCUT2D eigenvalue weighted by molar-refractivity contribution is -0.135. The molecule has 1 unspecified atom stereocenters. The second-order valence-electron chi connectivity index (χ2n) is 7.27. The summed E-state index contributed by atoms with van der Waals surface area (Å²) in [5.74, 6) is -0.319. The summed E-state index contributed by atoms with van der Waals surface area (Å²) >= 11 is 0. The molecule has 0 bridgehead atoms. The monoisotopic (exact) mass is 390 g/mol. The molecule has 1 atom stereocenters. The third-order valence-corrected chi connectivity index (χ3v) is 5.15. The molecular weight excluding hydrogens is 360 g/mol. The van der Waals surface area contributed by atoms with Gasteiger partial charge in [-0.15, -0.1) is 0 Å². The molecule has 8 nitrogen and oxygen atoms in total. The molecule has 0 aromatic heterocycles. The zero-order valence-corrected chi connectivity index (χ0v) is 16.1. The van der Waals surface area contributed by atoms with Gasteiger partial charge in [0, 0.05) is 26.1 Å². The third kappa shape index (κ3) is 7.28. The van der Waals surface area contributed by atoms with Crippen molar-refractivity contribution < 1.29 is 19.6 Å². The molecule has 1 aliphatic heterocycles. The van der Waals surface area contributed by atoms with Crippen LogP contribution in [0.25, 0.3) is 0 Å². The van der Waals surface area contributed by atoms with Gasteiger partial charge in [0.2, 0.25) is 17.7 Å². The fourth-order valence-electron chi connectivity index (χ4n) is 3.40. The number of nitrogens with zero attached hydrogens (tertiary/aromatic N) is 1. The van der Waals surface area contributed by atoms with Crippen LogP contribution in [0.3, 0.4) is 0 Å². The molecule has 2 rings (SSSR count). The van der Waals surface area contributed by atoms with Gasteiger partial charge in [0.25, 0.3) is 0 Å². The molecule has 0 radical (unpaired) electrons. The summed E-state index contributed by atoms with van der Waals surface area (Å²) in [7, 11) is 0. The number of hydrogen-bond donors (Lipinski definition) is 4. The molecule has 3 amide bonds. The van der Waals surface area contributed by atoms with Crippen LogP contribution >= 0.6 is 0 Å². The van der Waals surface area contributed by atoms with Crippen molar-refractivity contribution >= 4 is 17.7 Å². The molecule has 154 valence electrons. The average molecular weight is 390 g/mol. The predicted octanol–water partition coefficient (Wildman–Crippen LogP) is 0.935. The average Bonchev–Trinajstić information content (AvgIpc) is 2.72. The van der Waals surface area contributed by atoms with Gasteiger partial charge in [0.1, 0.15) is 0 Å². The first-order valence-corrected chi connectivity index (χ1v) is 9.77. The third-order valence-electron chi connectivity index (χ3n) is 5.15. The minimum Gasteiger partial charge on any atom is -0.351 e. The maximum Gasteiger partial charge on any atom is 0.243 e. The van der Waals surface area contributed by atoms with Crippen LogP contribution in [-0.4, -0.2) is 47.0 Å². The number of hydrogen-bond acceptors (Lipinski definition) is 5. The van der Waals surface area contributed by atoms with Gasteiger partial charge in [-0.05, 0) is 37.2 Å². The van der Waals surface area contributed by atoms with Crippen LogP contribution in [0.2, 0.25) is 0 Å². The Morgan fingerprint density at radius 1 is 1.18 bits per heavy atom. The second-order valence-corrected chi connectivity index (χ2v) is 7.27. The van der Waals surface area contributed by atoms with Crippen LogP contribution in [-0.2, 0) is 20.9 Å². The van der Waals surface area contributed by atoms with Gasteiger partial charge in [0.15, 0.2) is 0 Å². The number of likely N-dealkylation sites (tertiary alicyclic amines) is 1. The van der Waals surface area contributed by atoms with E-state index < -0.39 is 6.04 Å². The highest BCUT2D eigenvalue weighted by Crippen LogP contribution is 2.23. The molecule has 0 saturated carbocycles. The molecule has 0 spiro atoms. The molecule has 1 saturated heterocycles. The minimum absolute atomic E-state index is 0.00195. The Morgan fingerprint density at radius 2 is 1.86 bits per heavy atom. The molecule has 8 heteroatoms. The molecular formula is C20H30N4O4. The van der Waals surface area contributed by atoms with Crippen molar-refractivity contribution in [1.29, 1.82) is 0 Å². The topological polar surface area (TPSA) is 125 Å². The fourth-order valence-corrected chi connectivity index (χ4v) is 3.40. The predicted molar refractivity (Wildman–Crippen MR) is 104 cm³/mol. The Hall–Kier alpha value is -2.45. The first-order chi connectivity index (χ1) is 13.5. The Morgan fingerprint density at radius 3 is 2.50 bits per heavy atom.